The second-order valence-corrected chi connectivity index (χ2v) is 10.4. The van der Waals surface area contributed by atoms with Crippen molar-refractivity contribution in [2.24, 2.45) is 0 Å². The van der Waals surface area contributed by atoms with Gasteiger partial charge in [-0.15, -0.1) is 0 Å². The Bertz CT molecular complexity index is 1740. The quantitative estimate of drug-likeness (QED) is 0.113. The van der Waals surface area contributed by atoms with Crippen LogP contribution in [-0.2, 0) is 12.5 Å². The van der Waals surface area contributed by atoms with Crippen LogP contribution >= 0.6 is 0 Å². The zero-order valence-electron chi connectivity index (χ0n) is 23.6. The Morgan fingerprint density at radius 3 is 1.66 bits per heavy atom. The number of rotatable bonds is 10. The van der Waals surface area contributed by atoms with Crippen LogP contribution in [-0.4, -0.2) is 0 Å². The van der Waals surface area contributed by atoms with Crippen LogP contribution in [0.1, 0.15) is 37.3 Å². The van der Waals surface area contributed by atoms with Crippen LogP contribution in [0.3, 0.4) is 0 Å². The van der Waals surface area contributed by atoms with E-state index >= 15 is 8.78 Å². The molecular weight excluding hydrogens is 581 g/mol. The fourth-order valence-corrected chi connectivity index (χ4v) is 5.00. The molecule has 0 amide bonds. The fraction of sp³-hybridized carbons (Fsp3) is 0.167. The molecule has 1 nitrogen and oxygen atoms in total. The molecule has 44 heavy (non-hydrogen) atoms. The number of halogens is 7. The number of hydrogen-bond acceptors (Lipinski definition) is 1. The minimum atomic E-state index is -4.45. The lowest BCUT2D eigenvalue weighted by Crippen LogP contribution is -2.25. The maximum Gasteiger partial charge on any atom is 0.432 e. The molecule has 5 aromatic carbocycles. The van der Waals surface area contributed by atoms with Crippen molar-refractivity contribution in [3.63, 3.8) is 0 Å². The Hall–Kier alpha value is -4.59. The number of alkyl halides is 2. The smallest absolute Gasteiger partial charge is 0.429 e. The van der Waals surface area contributed by atoms with Gasteiger partial charge in [0, 0.05) is 11.1 Å². The highest BCUT2D eigenvalue weighted by molar-refractivity contribution is 5.74. The van der Waals surface area contributed by atoms with E-state index in [0.717, 1.165) is 61.6 Å². The molecule has 0 aliphatic carbocycles. The summed E-state index contributed by atoms with van der Waals surface area (Å²) in [5.41, 5.74) is 0.662. The summed E-state index contributed by atoms with van der Waals surface area (Å²) in [5, 5.41) is 0. The molecule has 0 N–H and O–H groups in total. The monoisotopic (exact) mass is 608 g/mol. The average molecular weight is 609 g/mol. The van der Waals surface area contributed by atoms with E-state index in [-0.39, 0.29) is 22.3 Å². The summed E-state index contributed by atoms with van der Waals surface area (Å²) in [5.74, 6) is -6.11. The molecule has 5 rings (SSSR count). The van der Waals surface area contributed by atoms with Crippen LogP contribution in [0.2, 0.25) is 0 Å². The van der Waals surface area contributed by atoms with E-state index in [1.165, 1.54) is 29.8 Å². The van der Waals surface area contributed by atoms with Crippen molar-refractivity contribution in [2.45, 2.75) is 38.7 Å². The summed E-state index contributed by atoms with van der Waals surface area (Å²) in [7, 11) is 0. The highest BCUT2D eigenvalue weighted by Crippen LogP contribution is 2.38. The molecule has 0 saturated carbocycles. The summed E-state index contributed by atoms with van der Waals surface area (Å²) in [4.78, 5) is 0. The van der Waals surface area contributed by atoms with Crippen molar-refractivity contribution < 1.29 is 35.5 Å². The van der Waals surface area contributed by atoms with Crippen molar-refractivity contribution in [1.29, 1.82) is 0 Å². The summed E-state index contributed by atoms with van der Waals surface area (Å²) in [6.07, 6.45) is -0.0744. The predicted molar refractivity (Wildman–Crippen MR) is 157 cm³/mol. The highest BCUT2D eigenvalue weighted by atomic mass is 19.3. The first-order valence-electron chi connectivity index (χ1n) is 14.1. The number of hydrogen-bond donors (Lipinski definition) is 0. The van der Waals surface area contributed by atoms with Gasteiger partial charge in [0.05, 0.1) is 0 Å². The Labute approximate surface area is 250 Å². The van der Waals surface area contributed by atoms with Crippen LogP contribution < -0.4 is 4.74 Å². The predicted octanol–water partition coefficient (Wildman–Crippen LogP) is 11.2. The van der Waals surface area contributed by atoms with Gasteiger partial charge >= 0.3 is 6.11 Å². The van der Waals surface area contributed by atoms with E-state index in [1.807, 2.05) is 24.3 Å². The Morgan fingerprint density at radius 2 is 1.07 bits per heavy atom. The zero-order chi connectivity index (χ0) is 31.4. The SMILES string of the molecule is CCCCCc1ccc(-c2ccc(-c3ccc(-c4cc(F)c(C(F)(F)Oc5ccc(F)cc5)c(F)c4)c(F)c3)c(F)c2)cc1. The lowest BCUT2D eigenvalue weighted by atomic mass is 9.96. The van der Waals surface area contributed by atoms with Gasteiger partial charge in [-0.05, 0) is 89.2 Å². The molecule has 0 saturated heterocycles. The molecule has 8 heteroatoms. The second-order valence-electron chi connectivity index (χ2n) is 10.4. The lowest BCUT2D eigenvalue weighted by Gasteiger charge is -2.20. The molecule has 0 aromatic heterocycles. The van der Waals surface area contributed by atoms with E-state index < -0.39 is 46.5 Å². The van der Waals surface area contributed by atoms with E-state index in [1.54, 1.807) is 6.07 Å². The van der Waals surface area contributed by atoms with E-state index in [2.05, 4.69) is 11.7 Å². The minimum Gasteiger partial charge on any atom is -0.429 e. The van der Waals surface area contributed by atoms with E-state index in [4.69, 9.17) is 0 Å². The third kappa shape index (κ3) is 6.80. The molecule has 0 bridgehead atoms. The van der Waals surface area contributed by atoms with Crippen molar-refractivity contribution >= 4 is 0 Å². The van der Waals surface area contributed by atoms with Crippen LogP contribution in [0.4, 0.5) is 30.7 Å². The third-order valence-corrected chi connectivity index (χ3v) is 7.31. The maximum atomic E-state index is 15.2. The molecular formula is C36H27F7O. The lowest BCUT2D eigenvalue weighted by molar-refractivity contribution is -0.189. The van der Waals surface area contributed by atoms with Crippen molar-refractivity contribution in [3.8, 4) is 39.1 Å². The van der Waals surface area contributed by atoms with Gasteiger partial charge in [-0.25, -0.2) is 22.0 Å². The highest BCUT2D eigenvalue weighted by Gasteiger charge is 2.41. The largest absolute Gasteiger partial charge is 0.432 e. The molecule has 0 fully saturated rings. The topological polar surface area (TPSA) is 9.23 Å². The fourth-order valence-electron chi connectivity index (χ4n) is 5.00. The first-order valence-corrected chi connectivity index (χ1v) is 14.1. The van der Waals surface area contributed by atoms with E-state index in [0.29, 0.717) is 17.7 Å². The van der Waals surface area contributed by atoms with Crippen molar-refractivity contribution in [3.05, 3.63) is 137 Å². The zero-order valence-corrected chi connectivity index (χ0v) is 23.6. The number of benzene rings is 5. The summed E-state index contributed by atoms with van der Waals surface area (Å²) in [6.45, 7) is 2.15. The Morgan fingerprint density at radius 1 is 0.545 bits per heavy atom. The average Bonchev–Trinajstić information content (AvgIpc) is 2.98. The second kappa shape index (κ2) is 13.0. The number of aryl methyl sites for hydroxylation is 1. The van der Waals surface area contributed by atoms with Gasteiger partial charge in [-0.1, -0.05) is 68.3 Å². The molecule has 0 aliphatic heterocycles. The summed E-state index contributed by atoms with van der Waals surface area (Å²) < 4.78 is 107. The molecule has 226 valence electrons. The maximum absolute atomic E-state index is 15.2. The van der Waals surface area contributed by atoms with Crippen LogP contribution in [0.15, 0.2) is 97.1 Å². The molecule has 0 heterocycles. The van der Waals surface area contributed by atoms with Crippen LogP contribution in [0.25, 0.3) is 33.4 Å². The van der Waals surface area contributed by atoms with Crippen molar-refractivity contribution in [2.75, 3.05) is 0 Å². The normalized spacial score (nSPS) is 11.5. The van der Waals surface area contributed by atoms with Gasteiger partial charge in [0.25, 0.3) is 0 Å². The van der Waals surface area contributed by atoms with Crippen LogP contribution in [0, 0.1) is 29.1 Å². The molecule has 0 spiro atoms. The standard InChI is InChI=1S/C36H27F7O/c1-2-3-4-5-22-6-8-23(9-7-22)24-10-16-29(31(38)18-24)25-11-17-30(32(39)19-25)26-20-33(40)35(34(41)21-26)36(42,43)44-28-14-12-27(37)13-15-28/h6-21H,2-5H2,1H3. The van der Waals surface area contributed by atoms with Gasteiger partial charge in [0.15, 0.2) is 0 Å². The van der Waals surface area contributed by atoms with Gasteiger partial charge in [-0.2, -0.15) is 8.78 Å². The van der Waals surface area contributed by atoms with Gasteiger partial charge in [0.2, 0.25) is 0 Å². The Balaban J connectivity index is 1.36. The summed E-state index contributed by atoms with van der Waals surface area (Å²) in [6, 6.07) is 20.6. The van der Waals surface area contributed by atoms with Crippen molar-refractivity contribution in [1.82, 2.24) is 0 Å². The van der Waals surface area contributed by atoms with Gasteiger partial charge in [-0.3, -0.25) is 0 Å². The minimum absolute atomic E-state index is 0.112. The third-order valence-electron chi connectivity index (χ3n) is 7.31. The van der Waals surface area contributed by atoms with Crippen LogP contribution in [0.5, 0.6) is 5.75 Å². The van der Waals surface area contributed by atoms with E-state index in [9.17, 15) is 22.0 Å². The first kappa shape index (κ1) is 30.9. The molecule has 0 atom stereocenters. The molecule has 5 aromatic rings. The molecule has 0 aliphatic rings. The Kier molecular flexibility index (Phi) is 9.09. The summed E-state index contributed by atoms with van der Waals surface area (Å²) >= 11 is 0. The molecule has 0 unspecified atom stereocenters. The van der Waals surface area contributed by atoms with Gasteiger partial charge < -0.3 is 4.74 Å². The number of ether oxygens (including phenoxy) is 1. The first-order chi connectivity index (χ1) is 21.1. The number of unbranched alkanes of at least 4 members (excludes halogenated alkanes) is 2. The molecule has 0 radical (unpaired) electrons. The van der Waals surface area contributed by atoms with Gasteiger partial charge in [0.1, 0.15) is 40.4 Å².